The van der Waals surface area contributed by atoms with Gasteiger partial charge in [0, 0.05) is 70.3 Å². The van der Waals surface area contributed by atoms with Crippen molar-refractivity contribution in [3.05, 3.63) is 35.4 Å². The Morgan fingerprint density at radius 2 is 1.64 bits per heavy atom. The Morgan fingerprint density at radius 3 is 2.24 bits per heavy atom. The van der Waals surface area contributed by atoms with E-state index in [2.05, 4.69) is 36.3 Å². The molecule has 0 aliphatic carbocycles. The molecule has 238 valence electrons. The van der Waals surface area contributed by atoms with Gasteiger partial charge in [-0.2, -0.15) is 0 Å². The van der Waals surface area contributed by atoms with E-state index < -0.39 is 12.1 Å². The number of hydrogen-bond donors (Lipinski definition) is 4. The molecule has 0 saturated carbocycles. The van der Waals surface area contributed by atoms with Crippen LogP contribution in [0.15, 0.2) is 24.3 Å². The normalized spacial score (nSPS) is 17.1. The van der Waals surface area contributed by atoms with E-state index in [9.17, 15) is 19.5 Å². The highest BCUT2D eigenvalue weighted by Gasteiger charge is 2.30. The van der Waals surface area contributed by atoms with Crippen molar-refractivity contribution in [2.45, 2.75) is 85.8 Å². The van der Waals surface area contributed by atoms with E-state index >= 15 is 0 Å². The molecule has 1 aliphatic rings. The van der Waals surface area contributed by atoms with E-state index in [1.807, 2.05) is 43.0 Å². The van der Waals surface area contributed by atoms with Crippen LogP contribution >= 0.6 is 0 Å². The van der Waals surface area contributed by atoms with Crippen molar-refractivity contribution in [1.82, 2.24) is 20.4 Å². The standard InChI is InChI=1S/C33H57N5O4/c1-7-8-14-35-33(42)29(24(4)5)21-31(40)30(34)20-27(23(2)3)22-36-32(41)28-12-10-9-11-26(28)13-15-37-16-18-38(19-17-37)25(6)39/h9-12,23-24,27,29-31,40H,7-8,13-22,34H2,1-6H3,(H,35,42)(H,36,41). The summed E-state index contributed by atoms with van der Waals surface area (Å²) in [7, 11) is 0. The van der Waals surface area contributed by atoms with Crippen LogP contribution in [0.1, 0.15) is 83.1 Å². The molecule has 9 heteroatoms. The Kier molecular flexibility index (Phi) is 15.5. The van der Waals surface area contributed by atoms with Crippen molar-refractivity contribution in [2.75, 3.05) is 45.8 Å². The molecule has 42 heavy (non-hydrogen) atoms. The van der Waals surface area contributed by atoms with Gasteiger partial charge >= 0.3 is 0 Å². The quantitative estimate of drug-likeness (QED) is 0.208. The highest BCUT2D eigenvalue weighted by Crippen LogP contribution is 2.23. The van der Waals surface area contributed by atoms with Crippen molar-refractivity contribution in [2.24, 2.45) is 29.4 Å². The maximum Gasteiger partial charge on any atom is 0.251 e. The van der Waals surface area contributed by atoms with Gasteiger partial charge < -0.3 is 26.4 Å². The molecule has 1 fully saturated rings. The molecule has 4 atom stereocenters. The number of nitrogens with zero attached hydrogens (tertiary/aromatic N) is 2. The third-order valence-electron chi connectivity index (χ3n) is 8.78. The number of nitrogens with two attached hydrogens (primary N) is 1. The molecule has 0 spiro atoms. The minimum atomic E-state index is -0.802. The van der Waals surface area contributed by atoms with Gasteiger partial charge in [-0.25, -0.2) is 0 Å². The van der Waals surface area contributed by atoms with Crippen LogP contribution in [0.5, 0.6) is 0 Å². The van der Waals surface area contributed by atoms with Crippen molar-refractivity contribution >= 4 is 17.7 Å². The van der Waals surface area contributed by atoms with Gasteiger partial charge in [0.1, 0.15) is 0 Å². The number of carbonyl (C=O) groups is 3. The van der Waals surface area contributed by atoms with E-state index in [0.717, 1.165) is 57.5 Å². The number of aliphatic hydroxyl groups is 1. The molecule has 0 aromatic heterocycles. The summed E-state index contributed by atoms with van der Waals surface area (Å²) < 4.78 is 0. The fraction of sp³-hybridized carbons (Fsp3) is 0.727. The number of aliphatic hydroxyl groups excluding tert-OH is 1. The molecule has 1 heterocycles. The van der Waals surface area contributed by atoms with Crippen LogP contribution in [0.3, 0.4) is 0 Å². The summed E-state index contributed by atoms with van der Waals surface area (Å²) in [6.45, 7) is 17.0. The molecule has 5 N–H and O–H groups in total. The molecular weight excluding hydrogens is 530 g/mol. The predicted molar refractivity (Wildman–Crippen MR) is 169 cm³/mol. The Labute approximate surface area is 254 Å². The Bertz CT molecular complexity index is 977. The van der Waals surface area contributed by atoms with Gasteiger partial charge in [0.2, 0.25) is 11.8 Å². The minimum Gasteiger partial charge on any atom is -0.391 e. The zero-order valence-corrected chi connectivity index (χ0v) is 26.9. The summed E-state index contributed by atoms with van der Waals surface area (Å²) >= 11 is 0. The molecule has 0 radical (unpaired) electrons. The van der Waals surface area contributed by atoms with Crippen LogP contribution in [0, 0.1) is 23.7 Å². The maximum atomic E-state index is 13.3. The first-order chi connectivity index (χ1) is 19.9. The number of rotatable bonds is 17. The molecule has 3 amide bonds. The summed E-state index contributed by atoms with van der Waals surface area (Å²) in [6.07, 6.45) is 2.78. The SMILES string of the molecule is CCCCNC(=O)C(CC(O)C(N)CC(CNC(=O)c1ccccc1CCN1CCN(C(C)=O)CC1)C(C)C)C(C)C. The van der Waals surface area contributed by atoms with Crippen molar-refractivity contribution < 1.29 is 19.5 Å². The van der Waals surface area contributed by atoms with Crippen molar-refractivity contribution in [3.63, 3.8) is 0 Å². The lowest BCUT2D eigenvalue weighted by Crippen LogP contribution is -2.48. The fourth-order valence-electron chi connectivity index (χ4n) is 5.58. The predicted octanol–water partition coefficient (Wildman–Crippen LogP) is 3.05. The van der Waals surface area contributed by atoms with Gasteiger partial charge in [-0.1, -0.05) is 59.2 Å². The average molecular weight is 588 g/mol. The monoisotopic (exact) mass is 587 g/mol. The summed E-state index contributed by atoms with van der Waals surface area (Å²) in [4.78, 5) is 41.9. The third kappa shape index (κ3) is 11.7. The van der Waals surface area contributed by atoms with Crippen LogP contribution in [-0.4, -0.2) is 90.6 Å². The number of hydrogen-bond acceptors (Lipinski definition) is 6. The summed E-state index contributed by atoms with van der Waals surface area (Å²) in [5.74, 6) is 0.139. The van der Waals surface area contributed by atoms with Crippen LogP contribution in [0.2, 0.25) is 0 Å². The Balaban J connectivity index is 1.92. The minimum absolute atomic E-state index is 0.0191. The molecule has 4 unspecified atom stereocenters. The lowest BCUT2D eigenvalue weighted by Gasteiger charge is -2.34. The number of unbranched alkanes of at least 4 members (excludes halogenated alkanes) is 1. The first-order valence-corrected chi connectivity index (χ1v) is 16.0. The molecule has 1 saturated heterocycles. The van der Waals surface area contributed by atoms with Crippen LogP contribution < -0.4 is 16.4 Å². The second kappa shape index (κ2) is 18.2. The number of nitrogens with one attached hydrogen (secondary N) is 2. The molecule has 0 bridgehead atoms. The van der Waals surface area contributed by atoms with Gasteiger partial charge in [0.25, 0.3) is 5.91 Å². The van der Waals surface area contributed by atoms with Crippen LogP contribution in [0.4, 0.5) is 0 Å². The molecule has 2 rings (SSSR count). The molecule has 1 aromatic carbocycles. The lowest BCUT2D eigenvalue weighted by atomic mass is 9.83. The lowest BCUT2D eigenvalue weighted by molar-refractivity contribution is -0.130. The summed E-state index contributed by atoms with van der Waals surface area (Å²) in [5, 5.41) is 17.1. The van der Waals surface area contributed by atoms with E-state index in [1.165, 1.54) is 0 Å². The first-order valence-electron chi connectivity index (χ1n) is 16.0. The van der Waals surface area contributed by atoms with Crippen molar-refractivity contribution in [3.8, 4) is 0 Å². The van der Waals surface area contributed by atoms with Gasteiger partial charge in [0.15, 0.2) is 0 Å². The zero-order valence-electron chi connectivity index (χ0n) is 26.9. The molecule has 1 aliphatic heterocycles. The molecule has 9 nitrogen and oxygen atoms in total. The smallest absolute Gasteiger partial charge is 0.251 e. The second-order valence-corrected chi connectivity index (χ2v) is 12.7. The van der Waals surface area contributed by atoms with E-state index in [0.29, 0.717) is 31.5 Å². The summed E-state index contributed by atoms with van der Waals surface area (Å²) in [5.41, 5.74) is 8.17. The number of amides is 3. The van der Waals surface area contributed by atoms with E-state index in [1.54, 1.807) is 6.92 Å². The summed E-state index contributed by atoms with van der Waals surface area (Å²) in [6, 6.07) is 7.24. The number of benzene rings is 1. The number of piperazine rings is 1. The Hall–Kier alpha value is -2.49. The fourth-order valence-corrected chi connectivity index (χ4v) is 5.58. The highest BCUT2D eigenvalue weighted by molar-refractivity contribution is 5.95. The molecule has 1 aromatic rings. The van der Waals surface area contributed by atoms with Gasteiger partial charge in [-0.3, -0.25) is 19.3 Å². The Morgan fingerprint density at radius 1 is 0.976 bits per heavy atom. The third-order valence-corrected chi connectivity index (χ3v) is 8.78. The average Bonchev–Trinajstić information content (AvgIpc) is 2.96. The maximum absolute atomic E-state index is 13.3. The first kappa shape index (κ1) is 35.7. The van der Waals surface area contributed by atoms with Crippen LogP contribution in [0.25, 0.3) is 0 Å². The molecular formula is C33H57N5O4. The van der Waals surface area contributed by atoms with Crippen molar-refractivity contribution in [1.29, 1.82) is 0 Å². The highest BCUT2D eigenvalue weighted by atomic mass is 16.3. The van der Waals surface area contributed by atoms with Gasteiger partial charge in [0.05, 0.1) is 6.10 Å². The zero-order chi connectivity index (χ0) is 31.2. The largest absolute Gasteiger partial charge is 0.391 e. The van der Waals surface area contributed by atoms with E-state index in [-0.39, 0.29) is 41.4 Å². The number of carbonyl (C=O) groups excluding carboxylic acids is 3. The van der Waals surface area contributed by atoms with Crippen LogP contribution in [-0.2, 0) is 16.0 Å². The topological polar surface area (TPSA) is 128 Å². The van der Waals surface area contributed by atoms with Gasteiger partial charge in [-0.05, 0) is 55.1 Å². The van der Waals surface area contributed by atoms with Gasteiger partial charge in [-0.15, -0.1) is 0 Å². The van der Waals surface area contributed by atoms with E-state index in [4.69, 9.17) is 5.73 Å². The second-order valence-electron chi connectivity index (χ2n) is 12.7.